The molecule has 0 spiro atoms. The summed E-state index contributed by atoms with van der Waals surface area (Å²) in [5.74, 6) is 1.74. The molecule has 1 saturated heterocycles. The first-order chi connectivity index (χ1) is 10.9. The van der Waals surface area contributed by atoms with Gasteiger partial charge < -0.3 is 9.47 Å². The van der Waals surface area contributed by atoms with Crippen molar-refractivity contribution in [3.8, 4) is 0 Å². The van der Waals surface area contributed by atoms with Gasteiger partial charge in [-0.3, -0.25) is 0 Å². The quantitative estimate of drug-likeness (QED) is 0.874. The lowest BCUT2D eigenvalue weighted by Crippen LogP contribution is -2.21. The number of hydrogen-bond acceptors (Lipinski definition) is 5. The van der Waals surface area contributed by atoms with Crippen LogP contribution in [0.25, 0.3) is 0 Å². The molecule has 0 amide bonds. The summed E-state index contributed by atoms with van der Waals surface area (Å²) < 4.78 is 7.01. The van der Waals surface area contributed by atoms with Gasteiger partial charge >= 0.3 is 0 Å². The predicted molar refractivity (Wildman–Crippen MR) is 86.6 cm³/mol. The van der Waals surface area contributed by atoms with E-state index in [0.29, 0.717) is 12.0 Å². The van der Waals surface area contributed by atoms with Crippen molar-refractivity contribution in [2.75, 3.05) is 18.0 Å². The van der Waals surface area contributed by atoms with Gasteiger partial charge in [-0.2, -0.15) is 4.37 Å². The summed E-state index contributed by atoms with van der Waals surface area (Å²) in [5.41, 5.74) is 2.84. The van der Waals surface area contributed by atoms with Crippen molar-refractivity contribution >= 4 is 16.7 Å². The second kappa shape index (κ2) is 5.05. The lowest BCUT2D eigenvalue weighted by molar-refractivity contribution is 0.515. The first-order valence-electron chi connectivity index (χ1n) is 8.51. The van der Waals surface area contributed by atoms with Gasteiger partial charge in [-0.05, 0) is 44.9 Å². The molecule has 3 heterocycles. The molecule has 2 aliphatic carbocycles. The second-order valence-electron chi connectivity index (χ2n) is 6.85. The molecule has 2 fully saturated rings. The van der Waals surface area contributed by atoms with Crippen LogP contribution in [0.15, 0.2) is 6.33 Å². The van der Waals surface area contributed by atoms with Crippen LogP contribution in [-0.4, -0.2) is 32.0 Å². The average Bonchev–Trinajstić information content (AvgIpc) is 2.98. The number of aryl methyl sites for hydroxylation is 1. The van der Waals surface area contributed by atoms with E-state index in [-0.39, 0.29) is 0 Å². The molecule has 22 heavy (non-hydrogen) atoms. The maximum atomic E-state index is 4.77. The second-order valence-corrected chi connectivity index (χ2v) is 7.58. The first-order valence-corrected chi connectivity index (χ1v) is 9.29. The zero-order chi connectivity index (χ0) is 14.5. The van der Waals surface area contributed by atoms with Crippen molar-refractivity contribution < 1.29 is 0 Å². The molecule has 1 atom stereocenters. The average molecular weight is 315 g/mol. The van der Waals surface area contributed by atoms with Gasteiger partial charge in [0.05, 0.1) is 18.1 Å². The van der Waals surface area contributed by atoms with Gasteiger partial charge in [0.2, 0.25) is 5.13 Å². The van der Waals surface area contributed by atoms with Gasteiger partial charge in [0, 0.05) is 36.2 Å². The molecule has 2 aromatic rings. The summed E-state index contributed by atoms with van der Waals surface area (Å²) in [6.07, 6.45) is 10.8. The number of fused-ring (bicyclic) bond motifs is 1. The van der Waals surface area contributed by atoms with Crippen molar-refractivity contribution in [1.29, 1.82) is 0 Å². The van der Waals surface area contributed by atoms with Gasteiger partial charge in [-0.1, -0.05) is 0 Å². The van der Waals surface area contributed by atoms with E-state index in [9.17, 15) is 0 Å². The van der Waals surface area contributed by atoms with E-state index in [0.717, 1.165) is 24.0 Å². The summed E-state index contributed by atoms with van der Waals surface area (Å²) >= 11 is 1.58. The molecular formula is C16H21N5S. The maximum absolute atomic E-state index is 4.77. The largest absolute Gasteiger partial charge is 0.345 e. The Morgan fingerprint density at radius 2 is 2.05 bits per heavy atom. The number of hydrogen-bond donors (Lipinski definition) is 0. The molecule has 5 rings (SSSR count). The molecule has 1 unspecified atom stereocenters. The molecular weight excluding hydrogens is 294 g/mol. The van der Waals surface area contributed by atoms with E-state index in [1.165, 1.54) is 56.3 Å². The molecule has 2 aromatic heterocycles. The number of rotatable bonds is 3. The highest BCUT2D eigenvalue weighted by molar-refractivity contribution is 7.09. The SMILES string of the molecule is c1nc2c(n1C1CCN(c3nc(C4CC4)ns3)C1)CCCC2. The summed E-state index contributed by atoms with van der Waals surface area (Å²) in [6, 6.07) is 0.558. The first kappa shape index (κ1) is 13.0. The molecule has 0 aromatic carbocycles. The smallest absolute Gasteiger partial charge is 0.205 e. The minimum absolute atomic E-state index is 0.558. The highest BCUT2D eigenvalue weighted by atomic mass is 32.1. The molecule has 0 bridgehead atoms. The summed E-state index contributed by atoms with van der Waals surface area (Å²) in [5, 5.41) is 1.12. The minimum atomic E-state index is 0.558. The number of imidazole rings is 1. The maximum Gasteiger partial charge on any atom is 0.205 e. The Labute approximate surface area is 134 Å². The van der Waals surface area contributed by atoms with Gasteiger partial charge in [0.15, 0.2) is 0 Å². The monoisotopic (exact) mass is 315 g/mol. The molecule has 3 aliphatic rings. The van der Waals surface area contributed by atoms with Crippen LogP contribution in [0.2, 0.25) is 0 Å². The Bertz CT molecular complexity index is 687. The van der Waals surface area contributed by atoms with E-state index in [2.05, 4.69) is 25.2 Å². The van der Waals surface area contributed by atoms with E-state index < -0.39 is 0 Å². The van der Waals surface area contributed by atoms with Crippen LogP contribution >= 0.6 is 11.5 Å². The van der Waals surface area contributed by atoms with Crippen molar-refractivity contribution in [3.05, 3.63) is 23.5 Å². The van der Waals surface area contributed by atoms with E-state index >= 15 is 0 Å². The zero-order valence-corrected chi connectivity index (χ0v) is 13.6. The summed E-state index contributed by atoms with van der Waals surface area (Å²) in [4.78, 5) is 11.8. The minimum Gasteiger partial charge on any atom is -0.345 e. The van der Waals surface area contributed by atoms with Crippen molar-refractivity contribution in [2.24, 2.45) is 0 Å². The number of anilines is 1. The van der Waals surface area contributed by atoms with Crippen LogP contribution in [0.1, 0.15) is 61.3 Å². The van der Waals surface area contributed by atoms with Crippen molar-refractivity contribution in [1.82, 2.24) is 18.9 Å². The van der Waals surface area contributed by atoms with Crippen LogP contribution in [-0.2, 0) is 12.8 Å². The fraction of sp³-hybridized carbons (Fsp3) is 0.688. The standard InChI is InChI=1S/C16H21N5S/c1-2-4-14-13(3-1)17-10-21(14)12-7-8-20(9-12)16-18-15(19-22-16)11-5-6-11/h10-12H,1-9H2. The normalized spacial score (nSPS) is 24.7. The Morgan fingerprint density at radius 1 is 1.14 bits per heavy atom. The van der Waals surface area contributed by atoms with E-state index in [1.807, 2.05) is 0 Å². The molecule has 1 aliphatic heterocycles. The van der Waals surface area contributed by atoms with Gasteiger partial charge in [-0.25, -0.2) is 9.97 Å². The molecule has 0 radical (unpaired) electrons. The predicted octanol–water partition coefficient (Wildman–Crippen LogP) is 2.94. The Hall–Kier alpha value is -1.43. The third kappa shape index (κ3) is 2.16. The van der Waals surface area contributed by atoms with E-state index in [4.69, 9.17) is 4.98 Å². The fourth-order valence-electron chi connectivity index (χ4n) is 3.81. The molecule has 116 valence electrons. The van der Waals surface area contributed by atoms with Crippen LogP contribution in [0, 0.1) is 0 Å². The van der Waals surface area contributed by atoms with Crippen LogP contribution in [0.5, 0.6) is 0 Å². The number of nitrogens with zero attached hydrogens (tertiary/aromatic N) is 5. The lowest BCUT2D eigenvalue weighted by Gasteiger charge is -2.19. The highest BCUT2D eigenvalue weighted by Crippen LogP contribution is 2.40. The van der Waals surface area contributed by atoms with Crippen LogP contribution < -0.4 is 4.90 Å². The molecule has 5 nitrogen and oxygen atoms in total. The number of aromatic nitrogens is 4. The summed E-state index contributed by atoms with van der Waals surface area (Å²) in [7, 11) is 0. The van der Waals surface area contributed by atoms with E-state index in [1.54, 1.807) is 11.5 Å². The fourth-order valence-corrected chi connectivity index (χ4v) is 4.59. The Morgan fingerprint density at radius 3 is 2.95 bits per heavy atom. The Balaban J connectivity index is 1.34. The Kier molecular flexibility index (Phi) is 2.99. The van der Waals surface area contributed by atoms with Gasteiger partial charge in [-0.15, -0.1) is 0 Å². The molecule has 1 saturated carbocycles. The summed E-state index contributed by atoms with van der Waals surface area (Å²) in [6.45, 7) is 2.15. The van der Waals surface area contributed by atoms with Crippen LogP contribution in [0.4, 0.5) is 5.13 Å². The van der Waals surface area contributed by atoms with Crippen molar-refractivity contribution in [3.63, 3.8) is 0 Å². The topological polar surface area (TPSA) is 46.8 Å². The van der Waals surface area contributed by atoms with Gasteiger partial charge in [0.25, 0.3) is 0 Å². The van der Waals surface area contributed by atoms with Crippen LogP contribution in [0.3, 0.4) is 0 Å². The van der Waals surface area contributed by atoms with Crippen molar-refractivity contribution in [2.45, 2.75) is 56.9 Å². The molecule has 6 heteroatoms. The third-order valence-electron chi connectivity index (χ3n) is 5.26. The highest BCUT2D eigenvalue weighted by Gasteiger charge is 2.32. The molecule has 0 N–H and O–H groups in total. The lowest BCUT2D eigenvalue weighted by atomic mass is 10.0. The third-order valence-corrected chi connectivity index (χ3v) is 6.05. The van der Waals surface area contributed by atoms with Gasteiger partial charge in [0.1, 0.15) is 5.82 Å². The zero-order valence-electron chi connectivity index (χ0n) is 12.7.